The van der Waals surface area contributed by atoms with Crippen molar-refractivity contribution in [2.45, 2.75) is 50.8 Å². The smallest absolute Gasteiger partial charge is 0.251 e. The Labute approximate surface area is 137 Å². The summed E-state index contributed by atoms with van der Waals surface area (Å²) < 4.78 is 5.65. The van der Waals surface area contributed by atoms with E-state index in [4.69, 9.17) is 4.74 Å². The van der Waals surface area contributed by atoms with Crippen LogP contribution in [-0.4, -0.2) is 42.5 Å². The summed E-state index contributed by atoms with van der Waals surface area (Å²) in [4.78, 5) is 26.4. The normalized spacial score (nSPS) is 25.7. The Bertz CT molecular complexity index is 596. The molecule has 0 bridgehead atoms. The molecule has 1 aliphatic carbocycles. The summed E-state index contributed by atoms with van der Waals surface area (Å²) in [5.41, 5.74) is 2.02. The molecule has 0 radical (unpaired) electrons. The van der Waals surface area contributed by atoms with Crippen LogP contribution in [0.25, 0.3) is 0 Å². The van der Waals surface area contributed by atoms with E-state index in [0.29, 0.717) is 0 Å². The summed E-state index contributed by atoms with van der Waals surface area (Å²) in [7, 11) is 1.75. The molecule has 1 N–H and O–H groups in total. The Balaban J connectivity index is 1.85. The fourth-order valence-corrected chi connectivity index (χ4v) is 3.58. The monoisotopic (exact) mass is 316 g/mol. The van der Waals surface area contributed by atoms with Crippen molar-refractivity contribution >= 4 is 11.8 Å². The van der Waals surface area contributed by atoms with Crippen molar-refractivity contribution in [1.29, 1.82) is 0 Å². The molecular weight excluding hydrogens is 292 g/mol. The number of rotatable bonds is 3. The van der Waals surface area contributed by atoms with Crippen LogP contribution in [0.5, 0.6) is 0 Å². The van der Waals surface area contributed by atoms with Crippen LogP contribution in [0.15, 0.2) is 24.3 Å². The molecule has 2 atom stereocenters. The van der Waals surface area contributed by atoms with Gasteiger partial charge in [0.05, 0.1) is 6.04 Å². The van der Waals surface area contributed by atoms with E-state index in [1.165, 1.54) is 0 Å². The first-order valence-corrected chi connectivity index (χ1v) is 8.31. The minimum Gasteiger partial charge on any atom is -0.356 e. The topological polar surface area (TPSA) is 58.6 Å². The second kappa shape index (κ2) is 6.71. The van der Waals surface area contributed by atoms with Gasteiger partial charge in [-0.3, -0.25) is 9.59 Å². The maximum atomic E-state index is 12.7. The Hall–Kier alpha value is -1.88. The second-order valence-electron chi connectivity index (χ2n) is 6.53. The van der Waals surface area contributed by atoms with Crippen molar-refractivity contribution in [1.82, 2.24) is 10.2 Å². The molecule has 5 heteroatoms. The fourth-order valence-electron chi connectivity index (χ4n) is 3.58. The molecule has 1 aromatic rings. The molecule has 1 aliphatic heterocycles. The number of nitrogens with one attached hydrogen (secondary N) is 1. The Morgan fingerprint density at radius 3 is 2.65 bits per heavy atom. The van der Waals surface area contributed by atoms with Gasteiger partial charge in [0.1, 0.15) is 6.61 Å². The van der Waals surface area contributed by atoms with Crippen molar-refractivity contribution < 1.29 is 14.3 Å². The highest BCUT2D eigenvalue weighted by Gasteiger charge is 2.41. The van der Waals surface area contributed by atoms with Gasteiger partial charge < -0.3 is 15.0 Å². The van der Waals surface area contributed by atoms with Crippen LogP contribution in [0.2, 0.25) is 0 Å². The second-order valence-corrected chi connectivity index (χ2v) is 6.53. The maximum Gasteiger partial charge on any atom is 0.251 e. The number of morpholine rings is 1. The first-order valence-electron chi connectivity index (χ1n) is 8.31. The SMILES string of the molecule is Cc1ccccc1[C@@H]1[C@@H](C(=O)NC2CCCC2)OCC(=O)N1C. The summed E-state index contributed by atoms with van der Waals surface area (Å²) in [6.45, 7) is 1.95. The number of benzene rings is 1. The van der Waals surface area contributed by atoms with Gasteiger partial charge in [-0.2, -0.15) is 0 Å². The van der Waals surface area contributed by atoms with Gasteiger partial charge in [-0.05, 0) is 30.9 Å². The lowest BCUT2D eigenvalue weighted by atomic mass is 9.93. The lowest BCUT2D eigenvalue weighted by Gasteiger charge is -2.39. The molecule has 2 amide bonds. The first-order chi connectivity index (χ1) is 11.1. The zero-order valence-corrected chi connectivity index (χ0v) is 13.7. The van der Waals surface area contributed by atoms with E-state index in [2.05, 4.69) is 5.32 Å². The Morgan fingerprint density at radius 2 is 1.96 bits per heavy atom. The molecule has 5 nitrogen and oxygen atoms in total. The Kier molecular flexibility index (Phi) is 4.66. The number of hydrogen-bond acceptors (Lipinski definition) is 3. The quantitative estimate of drug-likeness (QED) is 0.927. The number of ether oxygens (including phenoxy) is 1. The third-order valence-corrected chi connectivity index (χ3v) is 4.95. The van der Waals surface area contributed by atoms with Gasteiger partial charge in [-0.1, -0.05) is 37.1 Å². The molecular formula is C18H24N2O3. The summed E-state index contributed by atoms with van der Waals surface area (Å²) in [5, 5.41) is 3.10. The standard InChI is InChI=1S/C18H24N2O3/c1-12-7-3-6-10-14(12)16-17(23-11-15(21)20(16)2)18(22)19-13-8-4-5-9-13/h3,6-7,10,13,16-17H,4-5,8-9,11H2,1-2H3,(H,19,22)/t16-,17+/m1/s1. The highest BCUT2D eigenvalue weighted by molar-refractivity contribution is 5.86. The number of likely N-dealkylation sites (N-methyl/N-ethyl adjacent to an activating group) is 1. The number of carbonyl (C=O) groups excluding carboxylic acids is 2. The van der Waals surface area contributed by atoms with Crippen molar-refractivity contribution in [2.24, 2.45) is 0 Å². The average molecular weight is 316 g/mol. The van der Waals surface area contributed by atoms with E-state index in [9.17, 15) is 9.59 Å². The molecule has 3 rings (SSSR count). The zero-order valence-electron chi connectivity index (χ0n) is 13.7. The lowest BCUT2D eigenvalue weighted by molar-refractivity contribution is -0.162. The van der Waals surface area contributed by atoms with Gasteiger partial charge in [0, 0.05) is 13.1 Å². The molecule has 0 aromatic heterocycles. The summed E-state index contributed by atoms with van der Waals surface area (Å²) >= 11 is 0. The fraction of sp³-hybridized carbons (Fsp3) is 0.556. The van der Waals surface area contributed by atoms with Crippen LogP contribution in [0.1, 0.15) is 42.9 Å². The van der Waals surface area contributed by atoms with Crippen LogP contribution in [0, 0.1) is 6.92 Å². The van der Waals surface area contributed by atoms with E-state index in [1.54, 1.807) is 11.9 Å². The molecule has 2 fully saturated rings. The number of nitrogens with zero attached hydrogens (tertiary/aromatic N) is 1. The molecule has 2 aliphatic rings. The maximum absolute atomic E-state index is 12.7. The third-order valence-electron chi connectivity index (χ3n) is 4.95. The van der Waals surface area contributed by atoms with Gasteiger partial charge in [0.25, 0.3) is 5.91 Å². The van der Waals surface area contributed by atoms with Gasteiger partial charge in [-0.15, -0.1) is 0 Å². The minimum atomic E-state index is -0.653. The van der Waals surface area contributed by atoms with Crippen molar-refractivity contribution in [2.75, 3.05) is 13.7 Å². The van der Waals surface area contributed by atoms with Crippen LogP contribution in [0.3, 0.4) is 0 Å². The largest absolute Gasteiger partial charge is 0.356 e. The van der Waals surface area contributed by atoms with Crippen LogP contribution in [-0.2, 0) is 14.3 Å². The highest BCUT2D eigenvalue weighted by atomic mass is 16.5. The zero-order chi connectivity index (χ0) is 16.4. The van der Waals surface area contributed by atoms with E-state index >= 15 is 0 Å². The molecule has 1 saturated carbocycles. The highest BCUT2D eigenvalue weighted by Crippen LogP contribution is 2.31. The Morgan fingerprint density at radius 1 is 1.26 bits per heavy atom. The molecule has 1 heterocycles. The predicted octanol–water partition coefficient (Wildman–Crippen LogP) is 1.95. The predicted molar refractivity (Wildman–Crippen MR) is 86.8 cm³/mol. The van der Waals surface area contributed by atoms with Crippen molar-refractivity contribution in [3.8, 4) is 0 Å². The number of hydrogen-bond donors (Lipinski definition) is 1. The lowest BCUT2D eigenvalue weighted by Crippen LogP contribution is -2.54. The van der Waals surface area contributed by atoms with E-state index in [1.807, 2.05) is 31.2 Å². The van der Waals surface area contributed by atoms with Gasteiger partial charge in [0.2, 0.25) is 5.91 Å². The van der Waals surface area contributed by atoms with Crippen LogP contribution in [0.4, 0.5) is 0 Å². The first kappa shape index (κ1) is 16.0. The molecule has 1 aromatic carbocycles. The molecule has 23 heavy (non-hydrogen) atoms. The number of amides is 2. The van der Waals surface area contributed by atoms with Crippen LogP contribution < -0.4 is 5.32 Å². The third kappa shape index (κ3) is 3.24. The number of carbonyl (C=O) groups is 2. The minimum absolute atomic E-state index is 0.0400. The van der Waals surface area contributed by atoms with Gasteiger partial charge in [0.15, 0.2) is 6.10 Å². The summed E-state index contributed by atoms with van der Waals surface area (Å²) in [6.07, 6.45) is 3.73. The van der Waals surface area contributed by atoms with Crippen molar-refractivity contribution in [3.05, 3.63) is 35.4 Å². The summed E-state index contributed by atoms with van der Waals surface area (Å²) in [5.74, 6) is -0.201. The molecule has 0 unspecified atom stereocenters. The molecule has 0 spiro atoms. The van der Waals surface area contributed by atoms with Crippen LogP contribution >= 0.6 is 0 Å². The van der Waals surface area contributed by atoms with E-state index in [0.717, 1.165) is 36.8 Å². The average Bonchev–Trinajstić information content (AvgIpc) is 3.03. The molecule has 124 valence electrons. The van der Waals surface area contributed by atoms with E-state index in [-0.39, 0.29) is 30.5 Å². The number of aryl methyl sites for hydroxylation is 1. The molecule has 1 saturated heterocycles. The van der Waals surface area contributed by atoms with E-state index < -0.39 is 6.10 Å². The summed E-state index contributed by atoms with van der Waals surface area (Å²) in [6, 6.07) is 7.71. The van der Waals surface area contributed by atoms with Gasteiger partial charge in [-0.25, -0.2) is 0 Å². The van der Waals surface area contributed by atoms with Crippen molar-refractivity contribution in [3.63, 3.8) is 0 Å². The van der Waals surface area contributed by atoms with Gasteiger partial charge >= 0.3 is 0 Å².